The summed E-state index contributed by atoms with van der Waals surface area (Å²) in [5.74, 6) is -2.27. The van der Waals surface area contributed by atoms with Crippen LogP contribution < -0.4 is 16.4 Å². The molecule has 9 heteroatoms. The summed E-state index contributed by atoms with van der Waals surface area (Å²) >= 11 is 0. The van der Waals surface area contributed by atoms with Crippen molar-refractivity contribution in [3.63, 3.8) is 0 Å². The summed E-state index contributed by atoms with van der Waals surface area (Å²) in [6, 6.07) is 7.45. The van der Waals surface area contributed by atoms with E-state index in [4.69, 9.17) is 5.73 Å². The van der Waals surface area contributed by atoms with Gasteiger partial charge in [0.25, 0.3) is 5.91 Å². The molecule has 2 rings (SSSR count). The van der Waals surface area contributed by atoms with E-state index >= 15 is 0 Å². The molecule has 25 heavy (non-hydrogen) atoms. The van der Waals surface area contributed by atoms with E-state index in [2.05, 4.69) is 10.6 Å². The minimum Gasteiger partial charge on any atom is -0.376 e. The Morgan fingerprint density at radius 3 is 2.16 bits per heavy atom. The Labute approximate surface area is 139 Å². The predicted molar refractivity (Wildman–Crippen MR) is 83.5 cm³/mol. The minimum absolute atomic E-state index is 0.191. The number of anilines is 2. The maximum absolute atomic E-state index is 13.3. The molecule has 0 radical (unpaired) electrons. The topological polar surface area (TPSA) is 84.2 Å². The van der Waals surface area contributed by atoms with Crippen LogP contribution in [0.4, 0.5) is 28.9 Å². The second kappa shape index (κ2) is 7.20. The highest BCUT2D eigenvalue weighted by molar-refractivity contribution is 5.95. The number of nitrogens with two attached hydrogens (primary N) is 1. The average Bonchev–Trinajstić information content (AvgIpc) is 2.53. The smallest absolute Gasteiger partial charge is 0.376 e. The van der Waals surface area contributed by atoms with E-state index in [1.54, 1.807) is 0 Å². The second-order valence-electron chi connectivity index (χ2n) is 5.04. The van der Waals surface area contributed by atoms with Crippen molar-refractivity contribution in [2.24, 2.45) is 5.73 Å². The Bertz CT molecular complexity index is 789. The van der Waals surface area contributed by atoms with Crippen LogP contribution in [0.25, 0.3) is 0 Å². The van der Waals surface area contributed by atoms with Gasteiger partial charge < -0.3 is 16.4 Å². The number of hydrogen-bond acceptors (Lipinski definition) is 3. The van der Waals surface area contributed by atoms with Gasteiger partial charge in [-0.1, -0.05) is 0 Å². The van der Waals surface area contributed by atoms with Crippen LogP contribution >= 0.6 is 0 Å². The van der Waals surface area contributed by atoms with Gasteiger partial charge in [0.1, 0.15) is 5.82 Å². The Kier molecular flexibility index (Phi) is 5.26. The van der Waals surface area contributed by atoms with Crippen LogP contribution in [-0.2, 0) is 11.0 Å². The van der Waals surface area contributed by atoms with Gasteiger partial charge in [0, 0.05) is 11.4 Å². The van der Waals surface area contributed by atoms with Crippen LogP contribution in [-0.4, -0.2) is 18.4 Å². The lowest BCUT2D eigenvalue weighted by Gasteiger charge is -2.10. The van der Waals surface area contributed by atoms with Gasteiger partial charge in [-0.05, 0) is 42.5 Å². The quantitative estimate of drug-likeness (QED) is 0.721. The Hall–Kier alpha value is -3.10. The monoisotopic (exact) mass is 355 g/mol. The molecule has 0 aliphatic carbocycles. The Morgan fingerprint density at radius 2 is 1.60 bits per heavy atom. The molecule has 0 saturated carbocycles. The highest BCUT2D eigenvalue weighted by atomic mass is 19.4. The number of benzene rings is 2. The molecule has 2 amide bonds. The van der Waals surface area contributed by atoms with Crippen molar-refractivity contribution in [2.45, 2.75) is 6.18 Å². The van der Waals surface area contributed by atoms with Gasteiger partial charge in [-0.3, -0.25) is 9.59 Å². The van der Waals surface area contributed by atoms with E-state index in [9.17, 15) is 27.2 Å². The molecule has 2 aromatic rings. The fraction of sp³-hybridized carbons (Fsp3) is 0.125. The lowest BCUT2D eigenvalue weighted by atomic mass is 10.2. The first-order chi connectivity index (χ1) is 11.7. The van der Waals surface area contributed by atoms with E-state index in [1.165, 1.54) is 6.07 Å². The molecular formula is C16H13F4N3O2. The summed E-state index contributed by atoms with van der Waals surface area (Å²) in [5.41, 5.74) is 4.35. The van der Waals surface area contributed by atoms with Crippen molar-refractivity contribution in [2.75, 3.05) is 17.2 Å². The molecule has 0 aromatic heterocycles. The molecule has 0 atom stereocenters. The number of carbonyl (C=O) groups excluding carboxylic acids is 2. The predicted octanol–water partition coefficient (Wildman–Crippen LogP) is 2.99. The third-order valence-corrected chi connectivity index (χ3v) is 3.18. The fourth-order valence-electron chi connectivity index (χ4n) is 1.95. The number of carbonyl (C=O) groups is 2. The molecular weight excluding hydrogens is 342 g/mol. The maximum Gasteiger partial charge on any atom is 0.416 e. The normalized spacial score (nSPS) is 11.0. The van der Waals surface area contributed by atoms with E-state index < -0.39 is 29.4 Å². The molecule has 132 valence electrons. The largest absolute Gasteiger partial charge is 0.416 e. The zero-order valence-electron chi connectivity index (χ0n) is 12.7. The van der Waals surface area contributed by atoms with E-state index in [1.807, 2.05) is 0 Å². The van der Waals surface area contributed by atoms with Gasteiger partial charge in [-0.25, -0.2) is 4.39 Å². The zero-order chi connectivity index (χ0) is 18.6. The summed E-state index contributed by atoms with van der Waals surface area (Å²) in [5, 5.41) is 5.06. The van der Waals surface area contributed by atoms with Crippen molar-refractivity contribution in [3.05, 3.63) is 59.4 Å². The van der Waals surface area contributed by atoms with Crippen LogP contribution in [0.3, 0.4) is 0 Å². The molecule has 0 unspecified atom stereocenters. The lowest BCUT2D eigenvalue weighted by Crippen LogP contribution is -2.22. The number of rotatable bonds is 5. The Balaban J connectivity index is 1.95. The molecule has 4 N–H and O–H groups in total. The van der Waals surface area contributed by atoms with Crippen LogP contribution in [0, 0.1) is 5.82 Å². The molecule has 5 nitrogen and oxygen atoms in total. The number of nitrogens with one attached hydrogen (secondary N) is 2. The number of halogens is 4. The molecule has 0 aliphatic rings. The van der Waals surface area contributed by atoms with Crippen LogP contribution in [0.1, 0.15) is 15.9 Å². The summed E-state index contributed by atoms with van der Waals surface area (Å²) in [7, 11) is 0. The van der Waals surface area contributed by atoms with E-state index in [-0.39, 0.29) is 23.5 Å². The molecule has 0 bridgehead atoms. The minimum atomic E-state index is -4.45. The van der Waals surface area contributed by atoms with Gasteiger partial charge in [-0.15, -0.1) is 0 Å². The third-order valence-electron chi connectivity index (χ3n) is 3.18. The standard InChI is InChI=1S/C16H13F4N3O2/c17-13-6-5-11(7-12(13)15(21)25)22-8-14(24)23-10-3-1-9(2-4-10)16(18,19)20/h1-7,22H,8H2,(H2,21,25)(H,23,24). The first-order valence-electron chi connectivity index (χ1n) is 6.97. The van der Waals surface area contributed by atoms with Crippen LogP contribution in [0.5, 0.6) is 0 Å². The average molecular weight is 355 g/mol. The highest BCUT2D eigenvalue weighted by Crippen LogP contribution is 2.29. The van der Waals surface area contributed by atoms with Gasteiger partial charge in [0.2, 0.25) is 5.91 Å². The number of alkyl halides is 3. The SMILES string of the molecule is NC(=O)c1cc(NCC(=O)Nc2ccc(C(F)(F)F)cc2)ccc1F. The Morgan fingerprint density at radius 1 is 1.00 bits per heavy atom. The summed E-state index contributed by atoms with van der Waals surface area (Å²) in [6.45, 7) is -0.245. The summed E-state index contributed by atoms with van der Waals surface area (Å²) in [4.78, 5) is 22.8. The summed E-state index contributed by atoms with van der Waals surface area (Å²) in [6.07, 6.45) is -4.45. The first-order valence-corrected chi connectivity index (χ1v) is 6.97. The lowest BCUT2D eigenvalue weighted by molar-refractivity contribution is -0.137. The number of primary amides is 1. The third kappa shape index (κ3) is 4.93. The first kappa shape index (κ1) is 18.2. The maximum atomic E-state index is 13.3. The molecule has 0 heterocycles. The van der Waals surface area contributed by atoms with Crippen LogP contribution in [0.15, 0.2) is 42.5 Å². The van der Waals surface area contributed by atoms with Gasteiger partial charge in [0.15, 0.2) is 0 Å². The number of amides is 2. The second-order valence-corrected chi connectivity index (χ2v) is 5.04. The van der Waals surface area contributed by atoms with Crippen molar-refractivity contribution in [1.29, 1.82) is 0 Å². The van der Waals surface area contributed by atoms with Gasteiger partial charge in [-0.2, -0.15) is 13.2 Å². The van der Waals surface area contributed by atoms with Crippen molar-refractivity contribution in [1.82, 2.24) is 0 Å². The summed E-state index contributed by atoms with van der Waals surface area (Å²) < 4.78 is 50.7. The fourth-order valence-corrected chi connectivity index (χ4v) is 1.95. The zero-order valence-corrected chi connectivity index (χ0v) is 12.7. The van der Waals surface area contributed by atoms with Crippen molar-refractivity contribution >= 4 is 23.2 Å². The molecule has 0 aliphatic heterocycles. The van der Waals surface area contributed by atoms with Crippen molar-refractivity contribution in [3.8, 4) is 0 Å². The molecule has 0 spiro atoms. The highest BCUT2D eigenvalue weighted by Gasteiger charge is 2.29. The molecule has 0 saturated heterocycles. The van der Waals surface area contributed by atoms with Gasteiger partial charge in [0.05, 0.1) is 17.7 Å². The molecule has 0 fully saturated rings. The van der Waals surface area contributed by atoms with E-state index in [0.717, 1.165) is 36.4 Å². The molecule has 2 aromatic carbocycles. The number of hydrogen-bond donors (Lipinski definition) is 3. The van der Waals surface area contributed by atoms with Crippen molar-refractivity contribution < 1.29 is 27.2 Å². The van der Waals surface area contributed by atoms with Gasteiger partial charge >= 0.3 is 6.18 Å². The van der Waals surface area contributed by atoms with Crippen LogP contribution in [0.2, 0.25) is 0 Å². The van der Waals surface area contributed by atoms with E-state index in [0.29, 0.717) is 0 Å².